The van der Waals surface area contributed by atoms with E-state index in [1.54, 1.807) is 11.8 Å². The van der Waals surface area contributed by atoms with Gasteiger partial charge in [-0.3, -0.25) is 4.79 Å². The number of nitrogens with one attached hydrogen (secondary N) is 1. The number of benzene rings is 2. The fraction of sp³-hybridized carbons (Fsp3) is 0.211. The third-order valence-electron chi connectivity index (χ3n) is 4.26. The van der Waals surface area contributed by atoms with Crippen molar-refractivity contribution in [2.45, 2.75) is 22.1 Å². The van der Waals surface area contributed by atoms with Gasteiger partial charge in [0, 0.05) is 34.0 Å². The quantitative estimate of drug-likeness (QED) is 0.444. The van der Waals surface area contributed by atoms with Crippen molar-refractivity contribution in [3.63, 3.8) is 0 Å². The molecule has 4 rings (SSSR count). The van der Waals surface area contributed by atoms with Crippen LogP contribution >= 0.6 is 34.9 Å². The molecule has 5 nitrogen and oxygen atoms in total. The Morgan fingerprint density at radius 2 is 1.89 bits per heavy atom. The highest BCUT2D eigenvalue weighted by Crippen LogP contribution is 2.31. The summed E-state index contributed by atoms with van der Waals surface area (Å²) in [6.07, 6.45) is 1.97. The van der Waals surface area contributed by atoms with Crippen LogP contribution in [0.1, 0.15) is 6.92 Å². The Labute approximate surface area is 169 Å². The number of nitrogens with zero attached hydrogens (tertiary/aromatic N) is 3. The van der Waals surface area contributed by atoms with E-state index < -0.39 is 0 Å². The van der Waals surface area contributed by atoms with Crippen molar-refractivity contribution in [2.24, 2.45) is 0 Å². The first-order chi connectivity index (χ1) is 13.2. The fourth-order valence-electron chi connectivity index (χ4n) is 3.13. The number of thioether (sulfide) groups is 2. The number of aryl methyl sites for hydroxylation is 1. The zero-order chi connectivity index (χ0) is 18.8. The average molecular weight is 415 g/mol. The van der Waals surface area contributed by atoms with E-state index >= 15 is 0 Å². The first kappa shape index (κ1) is 18.3. The average Bonchev–Trinajstić information content (AvgIpc) is 3.28. The molecule has 2 aromatic carbocycles. The van der Waals surface area contributed by atoms with Gasteiger partial charge in [0.25, 0.3) is 0 Å². The van der Waals surface area contributed by atoms with Crippen molar-refractivity contribution >= 4 is 68.3 Å². The van der Waals surface area contributed by atoms with Gasteiger partial charge < -0.3 is 9.88 Å². The van der Waals surface area contributed by atoms with Crippen LogP contribution in [0.4, 0.5) is 5.69 Å². The van der Waals surface area contributed by atoms with Crippen LogP contribution in [-0.2, 0) is 11.3 Å². The van der Waals surface area contributed by atoms with Crippen molar-refractivity contribution in [2.75, 3.05) is 17.3 Å². The minimum atomic E-state index is -0.0421. The monoisotopic (exact) mass is 414 g/mol. The normalized spacial score (nSPS) is 11.3. The number of amides is 1. The van der Waals surface area contributed by atoms with E-state index in [0.717, 1.165) is 26.3 Å². The first-order valence-electron chi connectivity index (χ1n) is 8.50. The Morgan fingerprint density at radius 1 is 1.11 bits per heavy atom. The zero-order valence-electron chi connectivity index (χ0n) is 14.9. The molecule has 1 N–H and O–H groups in total. The number of aromatic nitrogens is 3. The molecule has 0 bridgehead atoms. The summed E-state index contributed by atoms with van der Waals surface area (Å²) in [5.74, 6) is 0.275. The summed E-state index contributed by atoms with van der Waals surface area (Å²) in [7, 11) is 0. The van der Waals surface area contributed by atoms with Crippen LogP contribution in [-0.4, -0.2) is 32.7 Å². The van der Waals surface area contributed by atoms with Crippen LogP contribution in [0.3, 0.4) is 0 Å². The maximum atomic E-state index is 12.3. The highest BCUT2D eigenvalue weighted by molar-refractivity contribution is 8.03. The molecule has 8 heteroatoms. The van der Waals surface area contributed by atoms with Crippen LogP contribution in [0.15, 0.2) is 51.1 Å². The lowest BCUT2D eigenvalue weighted by atomic mass is 10.1. The van der Waals surface area contributed by atoms with Gasteiger partial charge in [-0.15, -0.1) is 10.2 Å². The predicted molar refractivity (Wildman–Crippen MR) is 116 cm³/mol. The minimum absolute atomic E-state index is 0.0421. The van der Waals surface area contributed by atoms with E-state index in [1.807, 2.05) is 12.3 Å². The predicted octanol–water partition coefficient (Wildman–Crippen LogP) is 5.12. The molecule has 0 unspecified atom stereocenters. The lowest BCUT2D eigenvalue weighted by Gasteiger charge is -2.06. The second kappa shape index (κ2) is 7.92. The van der Waals surface area contributed by atoms with Crippen LogP contribution in [0.25, 0.3) is 21.8 Å². The molecule has 0 fully saturated rings. The van der Waals surface area contributed by atoms with E-state index in [1.165, 1.54) is 39.5 Å². The zero-order valence-corrected chi connectivity index (χ0v) is 17.4. The summed E-state index contributed by atoms with van der Waals surface area (Å²) in [5, 5.41) is 13.5. The Hall–Kier alpha value is -2.03. The molecule has 0 aliphatic carbocycles. The lowest BCUT2D eigenvalue weighted by molar-refractivity contribution is -0.113. The van der Waals surface area contributed by atoms with Gasteiger partial charge in [0.2, 0.25) is 5.91 Å². The summed E-state index contributed by atoms with van der Waals surface area (Å²) in [5.41, 5.74) is 3.22. The molecule has 1 amide bonds. The molecule has 0 radical (unpaired) electrons. The van der Waals surface area contributed by atoms with Crippen molar-refractivity contribution < 1.29 is 4.79 Å². The van der Waals surface area contributed by atoms with E-state index in [2.05, 4.69) is 63.4 Å². The molecule has 4 aromatic rings. The first-order valence-corrected chi connectivity index (χ1v) is 11.5. The second-order valence-electron chi connectivity index (χ2n) is 5.87. The number of carbonyl (C=O) groups excluding carboxylic acids is 1. The van der Waals surface area contributed by atoms with Gasteiger partial charge in [0.1, 0.15) is 0 Å². The molecule has 0 saturated carbocycles. The molecule has 0 spiro atoms. The van der Waals surface area contributed by atoms with Crippen LogP contribution < -0.4 is 5.32 Å². The van der Waals surface area contributed by atoms with E-state index in [4.69, 9.17) is 0 Å². The third-order valence-corrected chi connectivity index (χ3v) is 7.29. The van der Waals surface area contributed by atoms with Gasteiger partial charge in [0.15, 0.2) is 8.68 Å². The highest BCUT2D eigenvalue weighted by Gasteiger charge is 2.12. The molecule has 0 aliphatic rings. The smallest absolute Gasteiger partial charge is 0.234 e. The molecule has 2 aromatic heterocycles. The van der Waals surface area contributed by atoms with E-state index in [0.29, 0.717) is 5.75 Å². The number of carbonyl (C=O) groups is 1. The topological polar surface area (TPSA) is 59.8 Å². The van der Waals surface area contributed by atoms with Crippen molar-refractivity contribution in [1.82, 2.24) is 14.8 Å². The summed E-state index contributed by atoms with van der Waals surface area (Å²) in [6.45, 7) is 3.06. The molecular formula is C19H18N4OS3. The van der Waals surface area contributed by atoms with Crippen LogP contribution in [0, 0.1) is 0 Å². The molecule has 0 saturated heterocycles. The number of para-hydroxylation sites is 1. The SMILES string of the molecule is CCn1c2ccccc2c2cc(NC(=O)CSc3nnc(SC)s3)ccc21. The van der Waals surface area contributed by atoms with E-state index in [-0.39, 0.29) is 5.91 Å². The van der Waals surface area contributed by atoms with Crippen molar-refractivity contribution in [3.8, 4) is 0 Å². The van der Waals surface area contributed by atoms with Crippen molar-refractivity contribution in [3.05, 3.63) is 42.5 Å². The Bertz CT molecular complexity index is 1120. The molecular weight excluding hydrogens is 396 g/mol. The lowest BCUT2D eigenvalue weighted by Crippen LogP contribution is -2.13. The van der Waals surface area contributed by atoms with Gasteiger partial charge in [0.05, 0.1) is 5.75 Å². The number of fused-ring (bicyclic) bond motifs is 3. The molecule has 0 atom stereocenters. The standard InChI is InChI=1S/C19H18N4OS3/c1-3-23-15-7-5-4-6-13(15)14-10-12(8-9-16(14)23)20-17(24)11-26-19-22-21-18(25-2)27-19/h4-10H,3,11H2,1-2H3,(H,20,24). The minimum Gasteiger partial charge on any atom is -0.341 e. The number of rotatable bonds is 6. The second-order valence-corrected chi connectivity index (χ2v) is 9.12. The largest absolute Gasteiger partial charge is 0.341 e. The number of hydrogen-bond donors (Lipinski definition) is 1. The molecule has 27 heavy (non-hydrogen) atoms. The van der Waals surface area contributed by atoms with Crippen LogP contribution in [0.5, 0.6) is 0 Å². The molecule has 2 heterocycles. The Kier molecular flexibility index (Phi) is 5.38. The van der Waals surface area contributed by atoms with Gasteiger partial charge in [-0.1, -0.05) is 53.1 Å². The van der Waals surface area contributed by atoms with Gasteiger partial charge in [-0.25, -0.2) is 0 Å². The number of anilines is 1. The summed E-state index contributed by atoms with van der Waals surface area (Å²) >= 11 is 4.49. The fourth-order valence-corrected chi connectivity index (χ4v) is 5.37. The third kappa shape index (κ3) is 3.69. The molecule has 0 aliphatic heterocycles. The highest BCUT2D eigenvalue weighted by atomic mass is 32.2. The maximum absolute atomic E-state index is 12.3. The van der Waals surface area contributed by atoms with Gasteiger partial charge in [-0.05, 0) is 37.4 Å². The van der Waals surface area contributed by atoms with Gasteiger partial charge >= 0.3 is 0 Å². The van der Waals surface area contributed by atoms with E-state index in [9.17, 15) is 4.79 Å². The Morgan fingerprint density at radius 3 is 2.67 bits per heavy atom. The number of hydrogen-bond acceptors (Lipinski definition) is 6. The summed E-state index contributed by atoms with van der Waals surface area (Å²) in [4.78, 5) is 12.3. The Balaban J connectivity index is 1.53. The summed E-state index contributed by atoms with van der Waals surface area (Å²) < 4.78 is 4.02. The molecule has 138 valence electrons. The van der Waals surface area contributed by atoms with Gasteiger partial charge in [-0.2, -0.15) is 0 Å². The maximum Gasteiger partial charge on any atom is 0.234 e. The van der Waals surface area contributed by atoms with Crippen molar-refractivity contribution in [1.29, 1.82) is 0 Å². The summed E-state index contributed by atoms with van der Waals surface area (Å²) in [6, 6.07) is 14.5. The van der Waals surface area contributed by atoms with Crippen LogP contribution in [0.2, 0.25) is 0 Å².